The van der Waals surface area contributed by atoms with Crippen molar-refractivity contribution in [2.24, 2.45) is 5.92 Å². The number of hydrogen-bond donors (Lipinski definition) is 1. The molecule has 0 saturated heterocycles. The van der Waals surface area contributed by atoms with Crippen LogP contribution in [0.15, 0.2) is 43.2 Å². The van der Waals surface area contributed by atoms with Gasteiger partial charge in [0, 0.05) is 23.6 Å². The van der Waals surface area contributed by atoms with Gasteiger partial charge < -0.3 is 4.90 Å². The Bertz CT molecular complexity index is 887. The van der Waals surface area contributed by atoms with Crippen LogP contribution >= 0.6 is 0 Å². The van der Waals surface area contributed by atoms with Crippen molar-refractivity contribution in [1.29, 1.82) is 0 Å². The highest BCUT2D eigenvalue weighted by Gasteiger charge is 2.40. The Balaban J connectivity index is 1.70. The van der Waals surface area contributed by atoms with E-state index in [-0.39, 0.29) is 36.1 Å². The van der Waals surface area contributed by atoms with Crippen LogP contribution in [0, 0.1) is 11.7 Å². The van der Waals surface area contributed by atoms with E-state index in [9.17, 15) is 22.8 Å². The van der Waals surface area contributed by atoms with Gasteiger partial charge >= 0.3 is 0 Å². The van der Waals surface area contributed by atoms with Crippen molar-refractivity contribution in [3.05, 3.63) is 60.2 Å². The van der Waals surface area contributed by atoms with Crippen molar-refractivity contribution in [2.45, 2.75) is 12.6 Å². The molecule has 1 heterocycles. The van der Waals surface area contributed by atoms with Gasteiger partial charge in [0.2, 0.25) is 11.9 Å². The summed E-state index contributed by atoms with van der Waals surface area (Å²) < 4.78 is 39.3. The molecule has 1 aromatic heterocycles. The van der Waals surface area contributed by atoms with Gasteiger partial charge in [0.15, 0.2) is 5.82 Å². The highest BCUT2D eigenvalue weighted by Crippen LogP contribution is 2.34. The van der Waals surface area contributed by atoms with Crippen molar-refractivity contribution in [2.75, 3.05) is 18.4 Å². The summed E-state index contributed by atoms with van der Waals surface area (Å²) in [5.74, 6) is -2.83. The van der Waals surface area contributed by atoms with Crippen LogP contribution in [0.5, 0.6) is 0 Å². The number of hydrogen-bond acceptors (Lipinski definition) is 4. The van der Waals surface area contributed by atoms with Crippen LogP contribution < -0.4 is 5.32 Å². The van der Waals surface area contributed by atoms with Gasteiger partial charge in [-0.2, -0.15) is 0 Å². The second-order valence-electron chi connectivity index (χ2n) is 6.45. The van der Waals surface area contributed by atoms with E-state index in [0.717, 1.165) is 12.4 Å². The van der Waals surface area contributed by atoms with Gasteiger partial charge in [-0.05, 0) is 18.6 Å². The molecule has 2 aromatic rings. The molecule has 2 atom stereocenters. The zero-order valence-electron chi connectivity index (χ0n) is 14.7. The number of nitrogens with one attached hydrogen (secondary N) is 1. The average Bonchev–Trinajstić information content (AvgIpc) is 3.37. The van der Waals surface area contributed by atoms with Gasteiger partial charge in [-0.25, -0.2) is 23.1 Å². The fourth-order valence-corrected chi connectivity index (χ4v) is 2.59. The lowest BCUT2D eigenvalue weighted by molar-refractivity contribution is -0.117. The first-order chi connectivity index (χ1) is 13.3. The third kappa shape index (κ3) is 4.93. The zero-order valence-corrected chi connectivity index (χ0v) is 14.7. The number of rotatable bonds is 7. The van der Waals surface area contributed by atoms with Gasteiger partial charge in [0.05, 0.1) is 12.4 Å². The summed E-state index contributed by atoms with van der Waals surface area (Å²) in [6.07, 6.45) is 1.11. The number of carbonyl (C=O) groups excluding carboxylic acids is 2. The molecular weight excluding hydrogens is 373 g/mol. The minimum Gasteiger partial charge on any atom is -0.329 e. The minimum absolute atomic E-state index is 0.0647. The molecule has 3 rings (SSSR count). The topological polar surface area (TPSA) is 75.2 Å². The lowest BCUT2D eigenvalue weighted by Gasteiger charge is -2.22. The summed E-state index contributed by atoms with van der Waals surface area (Å²) in [5, 5.41) is 2.36. The van der Waals surface area contributed by atoms with E-state index in [2.05, 4.69) is 21.9 Å². The molecule has 1 fully saturated rings. The summed E-state index contributed by atoms with van der Waals surface area (Å²) in [7, 11) is 0. The highest BCUT2D eigenvalue weighted by atomic mass is 19.1. The van der Waals surface area contributed by atoms with Crippen LogP contribution in [-0.4, -0.2) is 45.9 Å². The zero-order chi connectivity index (χ0) is 20.3. The molecule has 1 aromatic carbocycles. The molecular formula is C19H17F3N4O2. The molecule has 146 valence electrons. The molecule has 2 amide bonds. The van der Waals surface area contributed by atoms with E-state index in [4.69, 9.17) is 0 Å². The second kappa shape index (κ2) is 8.20. The number of anilines is 1. The molecule has 28 heavy (non-hydrogen) atoms. The first kappa shape index (κ1) is 19.5. The van der Waals surface area contributed by atoms with Crippen LogP contribution in [0.3, 0.4) is 0 Å². The quantitative estimate of drug-likeness (QED) is 0.789. The highest BCUT2D eigenvalue weighted by molar-refractivity contribution is 5.99. The number of amides is 2. The third-order valence-corrected chi connectivity index (χ3v) is 4.23. The molecule has 1 aliphatic carbocycles. The van der Waals surface area contributed by atoms with Crippen molar-refractivity contribution in [3.63, 3.8) is 0 Å². The molecule has 0 unspecified atom stereocenters. The molecule has 0 spiro atoms. The molecule has 0 bridgehead atoms. The second-order valence-corrected chi connectivity index (χ2v) is 6.45. The lowest BCUT2D eigenvalue weighted by atomic mass is 10.1. The maximum Gasteiger partial charge on any atom is 0.254 e. The van der Waals surface area contributed by atoms with E-state index < -0.39 is 29.6 Å². The Kier molecular flexibility index (Phi) is 5.72. The van der Waals surface area contributed by atoms with E-state index >= 15 is 0 Å². The molecule has 6 nitrogen and oxygen atoms in total. The number of nitrogens with zero attached hydrogens (tertiary/aromatic N) is 3. The smallest absolute Gasteiger partial charge is 0.254 e. The number of carbonyl (C=O) groups is 2. The molecule has 9 heteroatoms. The fraction of sp³-hybridized carbons (Fsp3) is 0.263. The summed E-state index contributed by atoms with van der Waals surface area (Å²) in [4.78, 5) is 33.4. The van der Waals surface area contributed by atoms with Crippen molar-refractivity contribution < 1.29 is 22.8 Å². The van der Waals surface area contributed by atoms with Crippen molar-refractivity contribution in [3.8, 4) is 0 Å². The summed E-state index contributed by atoms with van der Waals surface area (Å²) in [6.45, 7) is 2.89. The van der Waals surface area contributed by atoms with E-state index in [0.29, 0.717) is 6.42 Å². The molecule has 0 radical (unpaired) electrons. The maximum absolute atomic E-state index is 13.3. The van der Waals surface area contributed by atoms with Gasteiger partial charge in [-0.1, -0.05) is 18.7 Å². The summed E-state index contributed by atoms with van der Waals surface area (Å²) in [6, 6.07) is 5.62. The third-order valence-electron chi connectivity index (χ3n) is 4.23. The first-order valence-electron chi connectivity index (χ1n) is 8.49. The summed E-state index contributed by atoms with van der Waals surface area (Å²) >= 11 is 0. The SMILES string of the molecule is C=C(F)c1ccc(C(=O)N(CC(=O)Nc2ncc(F)cn2)C[C@@H]2C[C@H]2F)cc1. The largest absolute Gasteiger partial charge is 0.329 e. The van der Waals surface area contributed by atoms with Crippen molar-refractivity contribution >= 4 is 23.6 Å². The van der Waals surface area contributed by atoms with Gasteiger partial charge in [0.25, 0.3) is 5.91 Å². The van der Waals surface area contributed by atoms with Gasteiger partial charge in [-0.3, -0.25) is 14.9 Å². The number of alkyl halides is 1. The molecule has 1 saturated carbocycles. The standard InChI is InChI=1S/C19H17F3N4O2/c1-11(20)12-2-4-13(5-3-12)18(28)26(9-14-6-16(14)22)10-17(27)25-19-23-7-15(21)8-24-19/h2-5,7-8,14,16H,1,6,9-10H2,(H,23,24,25,27)/t14-,16+/m0/s1. The number of aromatic nitrogens is 2. The normalized spacial score (nSPS) is 17.7. The van der Waals surface area contributed by atoms with Crippen LogP contribution in [0.1, 0.15) is 22.3 Å². The number of halogens is 3. The Morgan fingerprint density at radius 2 is 1.75 bits per heavy atom. The predicted octanol–water partition coefficient (Wildman–Crippen LogP) is 2.99. The average molecular weight is 390 g/mol. The van der Waals surface area contributed by atoms with E-state index in [1.54, 1.807) is 0 Å². The Morgan fingerprint density at radius 1 is 1.18 bits per heavy atom. The van der Waals surface area contributed by atoms with E-state index in [1.165, 1.54) is 29.2 Å². The Morgan fingerprint density at radius 3 is 2.29 bits per heavy atom. The van der Waals surface area contributed by atoms with Gasteiger partial charge in [0.1, 0.15) is 18.5 Å². The molecule has 1 N–H and O–H groups in total. The minimum atomic E-state index is -1.00. The summed E-state index contributed by atoms with van der Waals surface area (Å²) in [5.41, 5.74) is 0.465. The van der Waals surface area contributed by atoms with Crippen molar-refractivity contribution in [1.82, 2.24) is 14.9 Å². The van der Waals surface area contributed by atoms with Crippen LogP contribution in [0.25, 0.3) is 5.83 Å². The van der Waals surface area contributed by atoms with Crippen LogP contribution in [-0.2, 0) is 4.79 Å². The monoisotopic (exact) mass is 390 g/mol. The lowest BCUT2D eigenvalue weighted by Crippen LogP contribution is -2.39. The maximum atomic E-state index is 13.3. The molecule has 0 aliphatic heterocycles. The molecule has 1 aliphatic rings. The predicted molar refractivity (Wildman–Crippen MR) is 96.1 cm³/mol. The van der Waals surface area contributed by atoms with Crippen LogP contribution in [0.2, 0.25) is 0 Å². The Labute approximate surface area is 159 Å². The van der Waals surface area contributed by atoms with E-state index in [1.807, 2.05) is 0 Å². The first-order valence-corrected chi connectivity index (χ1v) is 8.49. The number of benzene rings is 1. The van der Waals surface area contributed by atoms with Gasteiger partial charge in [-0.15, -0.1) is 0 Å². The Hall–Kier alpha value is -3.23. The van der Waals surface area contributed by atoms with Crippen LogP contribution in [0.4, 0.5) is 19.1 Å². The fourth-order valence-electron chi connectivity index (χ4n) is 2.59.